The molecular formula is C20H16ClN5O3. The van der Waals surface area contributed by atoms with Crippen LogP contribution in [-0.4, -0.2) is 25.8 Å². The van der Waals surface area contributed by atoms with Crippen LogP contribution in [0.25, 0.3) is 11.4 Å². The number of nitrogens with one attached hydrogen (secondary N) is 1. The monoisotopic (exact) mass is 409 g/mol. The summed E-state index contributed by atoms with van der Waals surface area (Å²) < 4.78 is 12.4. The van der Waals surface area contributed by atoms with Crippen molar-refractivity contribution >= 4 is 23.2 Å². The van der Waals surface area contributed by atoms with E-state index in [0.29, 0.717) is 33.7 Å². The van der Waals surface area contributed by atoms with Crippen molar-refractivity contribution in [2.45, 2.75) is 6.92 Å². The van der Waals surface area contributed by atoms with Gasteiger partial charge in [-0.15, -0.1) is 0 Å². The van der Waals surface area contributed by atoms with Crippen LogP contribution in [0.1, 0.15) is 16.1 Å². The van der Waals surface area contributed by atoms with Crippen molar-refractivity contribution in [1.29, 1.82) is 0 Å². The molecule has 8 nitrogen and oxygen atoms in total. The van der Waals surface area contributed by atoms with Crippen molar-refractivity contribution in [1.82, 2.24) is 19.9 Å². The highest BCUT2D eigenvalue weighted by Gasteiger charge is 2.18. The minimum atomic E-state index is -0.462. The third-order valence-electron chi connectivity index (χ3n) is 4.11. The number of amides is 1. The van der Waals surface area contributed by atoms with Gasteiger partial charge in [0.05, 0.1) is 23.1 Å². The average molecular weight is 410 g/mol. The van der Waals surface area contributed by atoms with Crippen LogP contribution < -0.4 is 10.1 Å². The van der Waals surface area contributed by atoms with Crippen LogP contribution in [0.15, 0.2) is 59.4 Å². The molecule has 1 aromatic carbocycles. The summed E-state index contributed by atoms with van der Waals surface area (Å²) in [5.74, 6) is 0.677. The maximum Gasteiger partial charge on any atom is 0.294 e. The summed E-state index contributed by atoms with van der Waals surface area (Å²) in [7, 11) is 1.72. The standard InChI is InChI=1S/C20H16ClN5O3/c1-12-3-6-14(7-4-12)28-18-8-5-13(10-22-18)24-20(27)17-9-16(25-29-17)19-15(21)11-23-26(19)2/h3-11H,1-2H3,(H,24,27). The van der Waals surface area contributed by atoms with Crippen LogP contribution in [0.5, 0.6) is 11.6 Å². The Morgan fingerprint density at radius 1 is 1.17 bits per heavy atom. The van der Waals surface area contributed by atoms with Gasteiger partial charge in [0.1, 0.15) is 17.1 Å². The number of halogens is 1. The van der Waals surface area contributed by atoms with Gasteiger partial charge in [0.15, 0.2) is 0 Å². The van der Waals surface area contributed by atoms with E-state index in [2.05, 4.69) is 20.6 Å². The summed E-state index contributed by atoms with van der Waals surface area (Å²) >= 11 is 6.09. The van der Waals surface area contributed by atoms with Crippen molar-refractivity contribution < 1.29 is 14.1 Å². The molecule has 4 aromatic rings. The van der Waals surface area contributed by atoms with Gasteiger partial charge in [0, 0.05) is 19.2 Å². The van der Waals surface area contributed by atoms with Gasteiger partial charge in [-0.3, -0.25) is 9.48 Å². The summed E-state index contributed by atoms with van der Waals surface area (Å²) in [6.45, 7) is 2.00. The molecule has 29 heavy (non-hydrogen) atoms. The molecule has 0 fully saturated rings. The number of carbonyl (C=O) groups is 1. The zero-order chi connectivity index (χ0) is 20.4. The van der Waals surface area contributed by atoms with Crippen molar-refractivity contribution in [3.63, 3.8) is 0 Å². The quantitative estimate of drug-likeness (QED) is 0.522. The molecule has 9 heteroatoms. The van der Waals surface area contributed by atoms with E-state index in [1.54, 1.807) is 23.9 Å². The predicted octanol–water partition coefficient (Wildman–Crippen LogP) is 4.48. The minimum absolute atomic E-state index is 0.0391. The van der Waals surface area contributed by atoms with Gasteiger partial charge in [-0.2, -0.15) is 5.10 Å². The lowest BCUT2D eigenvalue weighted by molar-refractivity contribution is 0.0988. The molecule has 3 heterocycles. The molecule has 0 saturated carbocycles. The van der Waals surface area contributed by atoms with Crippen molar-refractivity contribution in [2.75, 3.05) is 5.32 Å². The number of aromatic nitrogens is 4. The number of hydrogen-bond donors (Lipinski definition) is 1. The lowest BCUT2D eigenvalue weighted by atomic mass is 10.2. The molecule has 4 rings (SSSR count). The molecule has 0 bridgehead atoms. The number of aryl methyl sites for hydroxylation is 2. The third-order valence-corrected chi connectivity index (χ3v) is 4.38. The van der Waals surface area contributed by atoms with Gasteiger partial charge in [-0.25, -0.2) is 4.98 Å². The number of ether oxygens (including phenoxy) is 1. The molecule has 0 radical (unpaired) electrons. The molecule has 0 unspecified atom stereocenters. The molecular weight excluding hydrogens is 394 g/mol. The van der Waals surface area contributed by atoms with Gasteiger partial charge in [0.25, 0.3) is 5.91 Å². The molecule has 1 amide bonds. The van der Waals surface area contributed by atoms with E-state index in [4.69, 9.17) is 20.9 Å². The number of pyridine rings is 1. The van der Waals surface area contributed by atoms with Crippen LogP contribution in [0, 0.1) is 6.92 Å². The molecule has 146 valence electrons. The van der Waals surface area contributed by atoms with Crippen LogP contribution in [-0.2, 0) is 7.05 Å². The third kappa shape index (κ3) is 4.12. The molecule has 3 aromatic heterocycles. The summed E-state index contributed by atoms with van der Waals surface area (Å²) in [5.41, 5.74) is 2.61. The summed E-state index contributed by atoms with van der Waals surface area (Å²) in [4.78, 5) is 16.6. The normalized spacial score (nSPS) is 10.7. The van der Waals surface area contributed by atoms with E-state index in [1.807, 2.05) is 31.2 Å². The molecule has 0 aliphatic carbocycles. The van der Waals surface area contributed by atoms with Crippen molar-refractivity contribution in [3.05, 3.63) is 71.2 Å². The highest BCUT2D eigenvalue weighted by molar-refractivity contribution is 6.32. The Morgan fingerprint density at radius 3 is 2.62 bits per heavy atom. The fourth-order valence-corrected chi connectivity index (χ4v) is 2.89. The van der Waals surface area contributed by atoms with E-state index in [9.17, 15) is 4.79 Å². The Bertz CT molecular complexity index is 1130. The molecule has 0 atom stereocenters. The lowest BCUT2D eigenvalue weighted by Crippen LogP contribution is -2.11. The van der Waals surface area contributed by atoms with Crippen LogP contribution in [0.2, 0.25) is 5.02 Å². The van der Waals surface area contributed by atoms with Gasteiger partial charge in [0.2, 0.25) is 11.6 Å². The lowest BCUT2D eigenvalue weighted by Gasteiger charge is -2.06. The zero-order valence-corrected chi connectivity index (χ0v) is 16.3. The van der Waals surface area contributed by atoms with Crippen molar-refractivity contribution in [3.8, 4) is 23.0 Å². The van der Waals surface area contributed by atoms with Gasteiger partial charge >= 0.3 is 0 Å². The van der Waals surface area contributed by atoms with Crippen LogP contribution >= 0.6 is 11.6 Å². The molecule has 1 N–H and O–H groups in total. The zero-order valence-electron chi connectivity index (χ0n) is 15.6. The maximum atomic E-state index is 12.4. The topological polar surface area (TPSA) is 95.1 Å². The predicted molar refractivity (Wildman–Crippen MR) is 107 cm³/mol. The molecule has 0 spiro atoms. The van der Waals surface area contributed by atoms with E-state index in [0.717, 1.165) is 5.56 Å². The SMILES string of the molecule is Cc1ccc(Oc2ccc(NC(=O)c3cc(-c4c(Cl)cnn4C)no3)cn2)cc1. The number of nitrogens with zero attached hydrogens (tertiary/aromatic N) is 4. The molecule has 0 aliphatic rings. The first-order chi connectivity index (χ1) is 14.0. The molecule has 0 aliphatic heterocycles. The summed E-state index contributed by atoms with van der Waals surface area (Å²) in [6, 6.07) is 12.5. The Kier molecular flexibility index (Phi) is 5.01. The Hall–Kier alpha value is -3.65. The minimum Gasteiger partial charge on any atom is -0.439 e. The number of benzene rings is 1. The first-order valence-corrected chi connectivity index (χ1v) is 9.04. The smallest absolute Gasteiger partial charge is 0.294 e. The summed E-state index contributed by atoms with van der Waals surface area (Å²) in [6.07, 6.45) is 2.99. The first-order valence-electron chi connectivity index (χ1n) is 8.66. The number of hydrogen-bond acceptors (Lipinski definition) is 6. The average Bonchev–Trinajstić information content (AvgIpc) is 3.31. The van der Waals surface area contributed by atoms with E-state index < -0.39 is 5.91 Å². The number of anilines is 1. The second-order valence-corrected chi connectivity index (χ2v) is 6.70. The fraction of sp³-hybridized carbons (Fsp3) is 0.100. The summed E-state index contributed by atoms with van der Waals surface area (Å²) in [5, 5.41) is 11.0. The van der Waals surface area contributed by atoms with Gasteiger partial charge < -0.3 is 14.6 Å². The second-order valence-electron chi connectivity index (χ2n) is 6.30. The highest BCUT2D eigenvalue weighted by atomic mass is 35.5. The van der Waals surface area contributed by atoms with Gasteiger partial charge in [-0.1, -0.05) is 34.5 Å². The Balaban J connectivity index is 1.43. The van der Waals surface area contributed by atoms with Crippen LogP contribution in [0.4, 0.5) is 5.69 Å². The maximum absolute atomic E-state index is 12.4. The Labute approximate surface area is 171 Å². The molecule has 0 saturated heterocycles. The fourth-order valence-electron chi connectivity index (χ4n) is 2.63. The number of carbonyl (C=O) groups excluding carboxylic acids is 1. The second kappa shape index (κ2) is 7.76. The van der Waals surface area contributed by atoms with Crippen LogP contribution in [0.3, 0.4) is 0 Å². The Morgan fingerprint density at radius 2 is 1.97 bits per heavy atom. The van der Waals surface area contributed by atoms with E-state index in [-0.39, 0.29) is 5.76 Å². The number of rotatable bonds is 5. The first kappa shape index (κ1) is 18.7. The van der Waals surface area contributed by atoms with E-state index >= 15 is 0 Å². The highest BCUT2D eigenvalue weighted by Crippen LogP contribution is 2.27. The largest absolute Gasteiger partial charge is 0.439 e. The van der Waals surface area contributed by atoms with E-state index in [1.165, 1.54) is 18.5 Å². The van der Waals surface area contributed by atoms with Gasteiger partial charge in [-0.05, 0) is 25.1 Å². The van der Waals surface area contributed by atoms with Crippen molar-refractivity contribution in [2.24, 2.45) is 7.05 Å².